The Hall–Kier alpha value is -4.48. The van der Waals surface area contributed by atoms with Crippen molar-refractivity contribution in [3.63, 3.8) is 0 Å². The number of carbonyl (C=O) groups excluding carboxylic acids is 1. The van der Waals surface area contributed by atoms with Gasteiger partial charge in [-0.2, -0.15) is 9.49 Å². The maximum absolute atomic E-state index is 13.7. The van der Waals surface area contributed by atoms with E-state index in [-0.39, 0.29) is 17.6 Å². The molecular formula is C26H21FN8OS. The predicted octanol–water partition coefficient (Wildman–Crippen LogP) is 4.93. The van der Waals surface area contributed by atoms with Crippen molar-refractivity contribution in [3.8, 4) is 33.1 Å². The Labute approximate surface area is 214 Å². The maximum Gasteiger partial charge on any atom is 0.238 e. The average Bonchev–Trinajstić information content (AvgIpc) is 3.60. The zero-order valence-electron chi connectivity index (χ0n) is 19.9. The molecule has 3 N–H and O–H groups in total. The number of halogens is 1. The molecule has 9 nitrogen and oxygen atoms in total. The lowest BCUT2D eigenvalue weighted by Crippen LogP contribution is -2.27. The van der Waals surface area contributed by atoms with Crippen LogP contribution < -0.4 is 5.32 Å². The van der Waals surface area contributed by atoms with Gasteiger partial charge in [-0.3, -0.25) is 14.9 Å². The molecule has 5 aromatic heterocycles. The summed E-state index contributed by atoms with van der Waals surface area (Å²) in [6.45, 7) is 0.282. The number of fused-ring (bicyclic) bond motifs is 2. The topological polar surface area (TPSA) is 115 Å². The molecule has 6 rings (SSSR count). The van der Waals surface area contributed by atoms with Crippen LogP contribution in [0.4, 0.5) is 10.1 Å². The van der Waals surface area contributed by atoms with E-state index >= 15 is 0 Å². The van der Waals surface area contributed by atoms with Crippen molar-refractivity contribution in [1.82, 2.24) is 35.0 Å². The number of aromatic amines is 2. The van der Waals surface area contributed by atoms with E-state index in [1.54, 1.807) is 29.6 Å². The number of aromatic nitrogens is 6. The number of nitrogens with zero attached hydrogens (tertiary/aromatic N) is 5. The third-order valence-corrected chi connectivity index (χ3v) is 6.73. The number of anilines is 1. The first kappa shape index (κ1) is 23.0. The van der Waals surface area contributed by atoms with E-state index in [1.165, 1.54) is 6.07 Å². The molecule has 0 aliphatic heterocycles. The van der Waals surface area contributed by atoms with E-state index in [9.17, 15) is 9.18 Å². The number of hydrogen-bond acceptors (Lipinski definition) is 7. The lowest BCUT2D eigenvalue weighted by atomic mass is 10.0. The lowest BCUT2D eigenvalue weighted by molar-refractivity contribution is -0.116. The predicted molar refractivity (Wildman–Crippen MR) is 143 cm³/mol. The number of imidazole rings is 1. The first-order valence-electron chi connectivity index (χ1n) is 11.4. The Morgan fingerprint density at radius 3 is 2.81 bits per heavy atom. The largest absolute Gasteiger partial charge is 0.324 e. The highest BCUT2D eigenvalue weighted by atomic mass is 32.1. The number of benzene rings is 1. The Bertz CT molecular complexity index is 1770. The summed E-state index contributed by atoms with van der Waals surface area (Å²) in [6.07, 6.45) is 5.05. The highest BCUT2D eigenvalue weighted by Gasteiger charge is 2.17. The minimum absolute atomic E-state index is 0.111. The molecule has 11 heteroatoms. The molecule has 1 aromatic carbocycles. The van der Waals surface area contributed by atoms with Crippen molar-refractivity contribution in [3.05, 3.63) is 66.2 Å². The minimum atomic E-state index is -0.252. The van der Waals surface area contributed by atoms with Crippen LogP contribution in [0.2, 0.25) is 0 Å². The fourth-order valence-electron chi connectivity index (χ4n) is 4.21. The van der Waals surface area contributed by atoms with E-state index in [4.69, 9.17) is 4.98 Å². The SMILES string of the molecule is CN(C)CC(=O)Nc1cncc(-c2ccc3[nH]nc(-c4nc5c(-c6ccc(F)s6)ccnc5[nH]4)c3c2)c1. The third-order valence-electron chi connectivity index (χ3n) is 5.83. The van der Waals surface area contributed by atoms with Gasteiger partial charge in [-0.25, -0.2) is 9.97 Å². The number of amides is 1. The number of nitrogens with one attached hydrogen (secondary N) is 3. The highest BCUT2D eigenvalue weighted by molar-refractivity contribution is 7.14. The van der Waals surface area contributed by atoms with Crippen LogP contribution in [0, 0.1) is 5.13 Å². The quantitative estimate of drug-likeness (QED) is 0.291. The van der Waals surface area contributed by atoms with E-state index in [1.807, 2.05) is 44.4 Å². The summed E-state index contributed by atoms with van der Waals surface area (Å²) in [4.78, 5) is 31.5. The number of thiophene rings is 1. The normalized spacial score (nSPS) is 11.6. The second-order valence-electron chi connectivity index (χ2n) is 8.83. The number of H-pyrrole nitrogens is 2. The molecule has 0 bridgehead atoms. The summed E-state index contributed by atoms with van der Waals surface area (Å²) in [7, 11) is 3.68. The van der Waals surface area contributed by atoms with E-state index in [0.717, 1.165) is 43.8 Å². The summed E-state index contributed by atoms with van der Waals surface area (Å²) < 4.78 is 13.7. The maximum atomic E-state index is 13.7. The van der Waals surface area contributed by atoms with Crippen molar-refractivity contribution >= 4 is 45.0 Å². The monoisotopic (exact) mass is 512 g/mol. The molecule has 0 spiro atoms. The van der Waals surface area contributed by atoms with Crippen LogP contribution in [0.3, 0.4) is 0 Å². The van der Waals surface area contributed by atoms with Gasteiger partial charge in [0.25, 0.3) is 0 Å². The Balaban J connectivity index is 1.38. The first-order valence-corrected chi connectivity index (χ1v) is 12.3. The summed E-state index contributed by atoms with van der Waals surface area (Å²) in [5.41, 5.74) is 5.92. The summed E-state index contributed by atoms with van der Waals surface area (Å²) in [5.74, 6) is 0.442. The fourth-order valence-corrected chi connectivity index (χ4v) is 4.97. The van der Waals surface area contributed by atoms with Crippen LogP contribution in [0.15, 0.2) is 61.1 Å². The van der Waals surface area contributed by atoms with Crippen LogP contribution in [-0.4, -0.2) is 61.6 Å². The molecule has 0 saturated carbocycles. The fraction of sp³-hybridized carbons (Fsp3) is 0.115. The molecular weight excluding hydrogens is 491 g/mol. The smallest absolute Gasteiger partial charge is 0.238 e. The molecule has 1 amide bonds. The van der Waals surface area contributed by atoms with Crippen LogP contribution in [0.5, 0.6) is 0 Å². The van der Waals surface area contributed by atoms with Crippen LogP contribution >= 0.6 is 11.3 Å². The first-order chi connectivity index (χ1) is 17.9. The molecule has 0 radical (unpaired) electrons. The van der Waals surface area contributed by atoms with Gasteiger partial charge in [-0.15, -0.1) is 11.3 Å². The Morgan fingerprint density at radius 1 is 1.11 bits per heavy atom. The van der Waals surface area contributed by atoms with Gasteiger partial charge in [-0.1, -0.05) is 6.07 Å². The molecule has 0 atom stereocenters. The molecule has 0 fully saturated rings. The van der Waals surface area contributed by atoms with Gasteiger partial charge in [0.1, 0.15) is 11.2 Å². The van der Waals surface area contributed by atoms with Gasteiger partial charge in [0.2, 0.25) is 5.91 Å². The van der Waals surface area contributed by atoms with Gasteiger partial charge >= 0.3 is 0 Å². The second-order valence-corrected chi connectivity index (χ2v) is 9.86. The summed E-state index contributed by atoms with van der Waals surface area (Å²) in [5, 5.41) is 11.1. The van der Waals surface area contributed by atoms with Crippen LogP contribution in [0.25, 0.3) is 55.2 Å². The summed E-state index contributed by atoms with van der Waals surface area (Å²) >= 11 is 1.07. The molecule has 37 heavy (non-hydrogen) atoms. The van der Waals surface area contributed by atoms with E-state index < -0.39 is 0 Å². The van der Waals surface area contributed by atoms with Crippen molar-refractivity contribution in [1.29, 1.82) is 0 Å². The zero-order valence-corrected chi connectivity index (χ0v) is 20.7. The van der Waals surface area contributed by atoms with Gasteiger partial charge in [0, 0.05) is 33.8 Å². The number of likely N-dealkylation sites (N-methyl/N-ethyl adjacent to an activating group) is 1. The third kappa shape index (κ3) is 4.46. The Morgan fingerprint density at radius 2 is 2.00 bits per heavy atom. The minimum Gasteiger partial charge on any atom is -0.324 e. The Kier molecular flexibility index (Phi) is 5.70. The van der Waals surface area contributed by atoms with Crippen LogP contribution in [-0.2, 0) is 4.79 Å². The molecule has 0 aliphatic rings. The zero-order chi connectivity index (χ0) is 25.5. The van der Waals surface area contributed by atoms with Crippen molar-refractivity contribution in [2.24, 2.45) is 0 Å². The van der Waals surface area contributed by atoms with Gasteiger partial charge in [-0.05, 0) is 56.1 Å². The van der Waals surface area contributed by atoms with Crippen molar-refractivity contribution < 1.29 is 9.18 Å². The van der Waals surface area contributed by atoms with E-state index in [0.29, 0.717) is 28.4 Å². The van der Waals surface area contributed by atoms with Gasteiger partial charge in [0.05, 0.1) is 23.9 Å². The number of pyridine rings is 2. The number of hydrogen-bond donors (Lipinski definition) is 3. The molecule has 0 aliphatic carbocycles. The van der Waals surface area contributed by atoms with E-state index in [2.05, 4.69) is 30.5 Å². The summed E-state index contributed by atoms with van der Waals surface area (Å²) in [6, 6.07) is 12.8. The molecule has 6 aromatic rings. The van der Waals surface area contributed by atoms with Gasteiger partial charge < -0.3 is 15.2 Å². The standard InChI is InChI=1S/C26H21FN8OS/c1-35(2)13-22(36)30-16-9-15(11-28-12-16)14-3-4-19-18(10-14)24(34-33-19)26-31-23-17(7-8-29-25(23)32-26)20-5-6-21(27)37-20/h3-12H,13H2,1-2H3,(H,30,36)(H,33,34)(H,29,31,32). The van der Waals surface area contributed by atoms with Crippen molar-refractivity contribution in [2.75, 3.05) is 26.0 Å². The van der Waals surface area contributed by atoms with Crippen LogP contribution in [0.1, 0.15) is 0 Å². The molecule has 184 valence electrons. The highest BCUT2D eigenvalue weighted by Crippen LogP contribution is 2.34. The number of carbonyl (C=O) groups is 1. The lowest BCUT2D eigenvalue weighted by Gasteiger charge is -2.11. The average molecular weight is 513 g/mol. The molecule has 5 heterocycles. The van der Waals surface area contributed by atoms with Crippen molar-refractivity contribution in [2.45, 2.75) is 0 Å². The molecule has 0 unspecified atom stereocenters. The molecule has 0 saturated heterocycles. The van der Waals surface area contributed by atoms with Gasteiger partial charge in [0.15, 0.2) is 16.6 Å². The second kappa shape index (κ2) is 9.19. The number of rotatable bonds is 6.